The number of anilines is 2. The number of fused-ring (bicyclic) bond motifs is 3. The number of aromatic amines is 2. The van der Waals surface area contributed by atoms with E-state index in [0.717, 1.165) is 44.1 Å². The van der Waals surface area contributed by atoms with Crippen LogP contribution in [0.25, 0.3) is 22.0 Å². The Morgan fingerprint density at radius 1 is 0.963 bits per heavy atom. The zero-order valence-corrected chi connectivity index (χ0v) is 17.3. The van der Waals surface area contributed by atoms with E-state index in [9.17, 15) is 0 Å². The lowest BCUT2D eigenvalue weighted by atomic mass is 9.99. The molecule has 1 heterocycles. The second kappa shape index (κ2) is 6.85. The molecule has 4 rings (SSSR count). The number of benzene rings is 2. The quantitative estimate of drug-likeness (QED) is 0.352. The minimum atomic E-state index is 0.343. The minimum Gasteiger partial charge on any atom is -0.493 e. The van der Waals surface area contributed by atoms with Crippen LogP contribution in [0.5, 0.6) is 11.5 Å². The average Bonchev–Trinajstić information content (AvgIpc) is 3.18. The number of hydrogen-bond acceptors (Lipinski definition) is 3. The van der Waals surface area contributed by atoms with Gasteiger partial charge in [0, 0.05) is 21.1 Å². The maximum absolute atomic E-state index is 5.53. The first-order chi connectivity index (χ1) is 13.0. The first-order valence-electron chi connectivity index (χ1n) is 8.83. The van der Waals surface area contributed by atoms with Crippen molar-refractivity contribution in [2.75, 3.05) is 19.5 Å². The summed E-state index contributed by atoms with van der Waals surface area (Å²) in [6.07, 6.45) is 0. The summed E-state index contributed by atoms with van der Waals surface area (Å²) in [7, 11) is 3.33. The Bertz CT molecular complexity index is 1080. The first-order valence-corrected chi connectivity index (χ1v) is 9.63. The summed E-state index contributed by atoms with van der Waals surface area (Å²) in [5.74, 6) is 2.75. The fourth-order valence-corrected chi connectivity index (χ4v) is 4.09. The second-order valence-corrected chi connectivity index (χ2v) is 7.75. The molecular weight excluding hydrogens is 406 g/mol. The molecule has 0 fully saturated rings. The molecule has 3 N–H and O–H groups in total. The molecule has 0 saturated heterocycles. The van der Waals surface area contributed by atoms with E-state index in [-0.39, 0.29) is 0 Å². The van der Waals surface area contributed by atoms with Crippen molar-refractivity contribution in [3.63, 3.8) is 0 Å². The van der Waals surface area contributed by atoms with Crippen molar-refractivity contribution in [1.82, 2.24) is 10.2 Å². The molecule has 0 atom stereocenters. The van der Waals surface area contributed by atoms with Crippen molar-refractivity contribution in [2.45, 2.75) is 19.8 Å². The number of halogens is 1. The summed E-state index contributed by atoms with van der Waals surface area (Å²) in [6, 6.07) is 12.2. The number of ether oxygens (including phenoxy) is 2. The van der Waals surface area contributed by atoms with Crippen molar-refractivity contribution in [3.8, 4) is 22.8 Å². The highest BCUT2D eigenvalue weighted by Gasteiger charge is 2.26. The van der Waals surface area contributed by atoms with E-state index in [0.29, 0.717) is 5.92 Å². The number of aromatic nitrogens is 2. The summed E-state index contributed by atoms with van der Waals surface area (Å²) < 4.78 is 12.1. The Hall–Kier alpha value is -2.60. The molecular formula is C21H22BrN3O2. The topological polar surface area (TPSA) is 62.1 Å². The van der Waals surface area contributed by atoms with E-state index in [2.05, 4.69) is 57.4 Å². The Morgan fingerprint density at radius 3 is 2.30 bits per heavy atom. The first kappa shape index (κ1) is 17.8. The highest BCUT2D eigenvalue weighted by atomic mass is 79.9. The van der Waals surface area contributed by atoms with E-state index < -0.39 is 0 Å². The average molecular weight is 428 g/mol. The van der Waals surface area contributed by atoms with Crippen LogP contribution in [0.2, 0.25) is 0 Å². The minimum absolute atomic E-state index is 0.343. The largest absolute Gasteiger partial charge is 0.493 e. The predicted molar refractivity (Wildman–Crippen MR) is 114 cm³/mol. The molecule has 0 radical (unpaired) electrons. The molecule has 0 spiro atoms. The summed E-state index contributed by atoms with van der Waals surface area (Å²) in [5, 5.41) is 12.4. The number of hydrogen-bond donors (Lipinski definition) is 3. The van der Waals surface area contributed by atoms with Crippen molar-refractivity contribution < 1.29 is 9.47 Å². The van der Waals surface area contributed by atoms with Crippen LogP contribution in [-0.4, -0.2) is 24.4 Å². The molecule has 1 aliphatic carbocycles. The van der Waals surface area contributed by atoms with Gasteiger partial charge in [-0.3, -0.25) is 10.2 Å². The van der Waals surface area contributed by atoms with Gasteiger partial charge in [-0.05, 0) is 47.2 Å². The molecule has 0 saturated carbocycles. The van der Waals surface area contributed by atoms with Gasteiger partial charge in [-0.15, -0.1) is 0 Å². The normalized spacial score (nSPS) is 11.5. The van der Waals surface area contributed by atoms with Gasteiger partial charge in [0.1, 0.15) is 5.82 Å². The molecule has 27 heavy (non-hydrogen) atoms. The van der Waals surface area contributed by atoms with Crippen molar-refractivity contribution in [2.24, 2.45) is 0 Å². The number of methoxy groups -OCH3 is 2. The lowest BCUT2D eigenvalue weighted by Crippen LogP contribution is -1.95. The van der Waals surface area contributed by atoms with Crippen LogP contribution in [0.4, 0.5) is 11.5 Å². The standard InChI is InChI=1S/C21H22BrN3O2/c1-11(2)18-14-9-16(26-3)17(27-4)10-15(14)20-19(18)21(25-24-20)23-13-7-5-6-12(22)8-13/h5-11,23-25H,1-4H3. The molecule has 5 nitrogen and oxygen atoms in total. The molecule has 2 aliphatic rings. The van der Waals surface area contributed by atoms with Gasteiger partial charge >= 0.3 is 0 Å². The maximum Gasteiger partial charge on any atom is 0.161 e. The number of nitrogens with one attached hydrogen (secondary N) is 3. The monoisotopic (exact) mass is 427 g/mol. The van der Waals surface area contributed by atoms with Crippen molar-refractivity contribution in [1.29, 1.82) is 0 Å². The lowest BCUT2D eigenvalue weighted by molar-refractivity contribution is 0.356. The van der Waals surface area contributed by atoms with Gasteiger partial charge in [-0.2, -0.15) is 0 Å². The molecule has 6 heteroatoms. The third-order valence-corrected chi connectivity index (χ3v) is 5.33. The third kappa shape index (κ3) is 2.94. The zero-order valence-electron chi connectivity index (χ0n) is 15.7. The lowest BCUT2D eigenvalue weighted by Gasteiger charge is -2.11. The van der Waals surface area contributed by atoms with E-state index in [1.54, 1.807) is 14.2 Å². The van der Waals surface area contributed by atoms with Gasteiger partial charge in [-0.1, -0.05) is 35.8 Å². The molecule has 1 aliphatic heterocycles. The van der Waals surface area contributed by atoms with Crippen LogP contribution in [-0.2, 0) is 0 Å². The molecule has 0 unspecified atom stereocenters. The van der Waals surface area contributed by atoms with Gasteiger partial charge in [0.25, 0.3) is 0 Å². The van der Waals surface area contributed by atoms with Crippen LogP contribution < -0.4 is 14.8 Å². The van der Waals surface area contributed by atoms with Crippen LogP contribution in [0, 0.1) is 0 Å². The fourth-order valence-electron chi connectivity index (χ4n) is 3.69. The number of H-pyrrole nitrogens is 2. The summed E-state index contributed by atoms with van der Waals surface area (Å²) in [4.78, 5) is 0. The van der Waals surface area contributed by atoms with Gasteiger partial charge in [-0.25, -0.2) is 0 Å². The number of rotatable bonds is 5. The highest BCUT2D eigenvalue weighted by molar-refractivity contribution is 9.10. The molecule has 0 bridgehead atoms. The van der Waals surface area contributed by atoms with Crippen molar-refractivity contribution in [3.05, 3.63) is 46.4 Å². The smallest absolute Gasteiger partial charge is 0.161 e. The van der Waals surface area contributed by atoms with E-state index in [4.69, 9.17) is 9.47 Å². The Kier molecular flexibility index (Phi) is 4.52. The van der Waals surface area contributed by atoms with Crippen LogP contribution in [0.15, 0.2) is 40.9 Å². The Balaban J connectivity index is 1.93. The van der Waals surface area contributed by atoms with Crippen LogP contribution in [0.1, 0.15) is 25.3 Å². The van der Waals surface area contributed by atoms with E-state index in [1.165, 1.54) is 10.9 Å². The molecule has 2 aromatic carbocycles. The van der Waals surface area contributed by atoms with E-state index >= 15 is 0 Å². The van der Waals surface area contributed by atoms with Gasteiger partial charge in [0.05, 0.1) is 19.9 Å². The molecule has 140 valence electrons. The predicted octanol–water partition coefficient (Wildman–Crippen LogP) is 6.25. The van der Waals surface area contributed by atoms with Gasteiger partial charge in [0.15, 0.2) is 11.5 Å². The molecule has 2 aromatic rings. The van der Waals surface area contributed by atoms with Gasteiger partial charge in [0.2, 0.25) is 0 Å². The fraction of sp³-hybridized carbons (Fsp3) is 0.238. The van der Waals surface area contributed by atoms with Crippen LogP contribution >= 0.6 is 15.9 Å². The second-order valence-electron chi connectivity index (χ2n) is 6.83. The Labute approximate surface area is 166 Å². The van der Waals surface area contributed by atoms with E-state index in [1.807, 2.05) is 24.3 Å². The third-order valence-electron chi connectivity index (χ3n) is 4.84. The summed E-state index contributed by atoms with van der Waals surface area (Å²) >= 11 is 3.53. The SMILES string of the molecule is COc1cc2c3[nH][nH]c(Nc4cccc(Br)c4)c-3c(C(C)C)c2cc1OC. The molecule has 0 aromatic heterocycles. The molecule has 0 amide bonds. The maximum atomic E-state index is 5.53. The highest BCUT2D eigenvalue weighted by Crippen LogP contribution is 2.48. The zero-order chi connectivity index (χ0) is 19.1. The van der Waals surface area contributed by atoms with Gasteiger partial charge < -0.3 is 14.8 Å². The summed E-state index contributed by atoms with van der Waals surface area (Å²) in [6.45, 7) is 4.42. The van der Waals surface area contributed by atoms with Crippen LogP contribution in [0.3, 0.4) is 0 Å². The Morgan fingerprint density at radius 2 is 1.67 bits per heavy atom. The summed E-state index contributed by atoms with van der Waals surface area (Å²) in [5.41, 5.74) is 4.51. The van der Waals surface area contributed by atoms with Crippen molar-refractivity contribution >= 4 is 38.2 Å².